The molecule has 0 heterocycles. The summed E-state index contributed by atoms with van der Waals surface area (Å²) in [4.78, 5) is 4.58. The lowest BCUT2D eigenvalue weighted by Crippen LogP contribution is -2.18. The Kier molecular flexibility index (Phi) is 1.68. The summed E-state index contributed by atoms with van der Waals surface area (Å²) in [6.45, 7) is 0. The molecule has 48 valence electrons. The van der Waals surface area contributed by atoms with E-state index in [2.05, 4.69) is 10.3 Å². The van der Waals surface area contributed by atoms with E-state index in [0.29, 0.717) is 0 Å². The van der Waals surface area contributed by atoms with Crippen molar-refractivity contribution < 1.29 is 4.84 Å². The molecule has 0 spiro atoms. The Bertz CT molecular complexity index is 96.0. The molecular weight excluding hydrogens is 149 g/mol. The molecule has 0 aliphatic heterocycles. The van der Waals surface area contributed by atoms with E-state index in [4.69, 9.17) is 23.2 Å². The lowest BCUT2D eigenvalue weighted by atomic mass is 10.8. The highest BCUT2D eigenvalue weighted by atomic mass is 35.5. The van der Waals surface area contributed by atoms with E-state index < -0.39 is 4.33 Å². The first-order valence-corrected chi connectivity index (χ1v) is 3.09. The van der Waals surface area contributed by atoms with Crippen LogP contribution in [0.4, 0.5) is 0 Å². The highest BCUT2D eigenvalue weighted by molar-refractivity contribution is 6.51. The van der Waals surface area contributed by atoms with Gasteiger partial charge in [-0.2, -0.15) is 5.48 Å². The quantitative estimate of drug-likeness (QED) is 0.477. The van der Waals surface area contributed by atoms with Gasteiger partial charge in [-0.05, 0) is 0 Å². The number of hydrogen-bond donors (Lipinski definition) is 1. The summed E-state index contributed by atoms with van der Waals surface area (Å²) in [7, 11) is 1.54. The molecule has 1 rings (SSSR count). The minimum atomic E-state index is -0.573. The van der Waals surface area contributed by atoms with Crippen LogP contribution < -0.4 is 5.48 Å². The van der Waals surface area contributed by atoms with Crippen molar-refractivity contribution in [1.29, 1.82) is 0 Å². The first kappa shape index (κ1) is 6.62. The van der Waals surface area contributed by atoms with E-state index in [-0.39, 0.29) is 6.04 Å². The zero-order chi connectivity index (χ0) is 6.20. The monoisotopic (exact) mass is 155 g/mol. The minimum Gasteiger partial charge on any atom is -0.305 e. The lowest BCUT2D eigenvalue weighted by molar-refractivity contribution is 0.0857. The van der Waals surface area contributed by atoms with E-state index in [1.165, 1.54) is 0 Å². The summed E-state index contributed by atoms with van der Waals surface area (Å²) in [5.74, 6) is 0. The second-order valence-electron chi connectivity index (χ2n) is 1.84. The number of nitrogens with one attached hydrogen (secondary N) is 1. The third-order valence-corrected chi connectivity index (χ3v) is 1.92. The molecule has 0 aromatic carbocycles. The van der Waals surface area contributed by atoms with Crippen molar-refractivity contribution >= 4 is 23.2 Å². The van der Waals surface area contributed by atoms with E-state index in [0.717, 1.165) is 6.42 Å². The van der Waals surface area contributed by atoms with Gasteiger partial charge in [0.1, 0.15) is 4.33 Å². The fourth-order valence-corrected chi connectivity index (χ4v) is 0.881. The summed E-state index contributed by atoms with van der Waals surface area (Å²) in [6.07, 6.45) is 0.768. The second kappa shape index (κ2) is 2.03. The maximum atomic E-state index is 5.61. The van der Waals surface area contributed by atoms with Crippen LogP contribution in [0.25, 0.3) is 0 Å². The van der Waals surface area contributed by atoms with Crippen LogP contribution in [-0.2, 0) is 4.84 Å². The summed E-state index contributed by atoms with van der Waals surface area (Å²) in [6, 6.07) is 0.121. The molecule has 0 aromatic rings. The van der Waals surface area contributed by atoms with Crippen LogP contribution in [-0.4, -0.2) is 17.5 Å². The van der Waals surface area contributed by atoms with Crippen LogP contribution in [0.15, 0.2) is 0 Å². The van der Waals surface area contributed by atoms with Gasteiger partial charge in [-0.25, -0.2) is 0 Å². The zero-order valence-corrected chi connectivity index (χ0v) is 5.96. The van der Waals surface area contributed by atoms with Gasteiger partial charge in [-0.1, -0.05) is 23.2 Å². The Balaban J connectivity index is 2.17. The molecule has 1 atom stereocenters. The van der Waals surface area contributed by atoms with Crippen LogP contribution in [0.1, 0.15) is 6.42 Å². The van der Waals surface area contributed by atoms with Gasteiger partial charge in [0.2, 0.25) is 0 Å². The van der Waals surface area contributed by atoms with Crippen LogP contribution >= 0.6 is 23.2 Å². The topological polar surface area (TPSA) is 21.3 Å². The van der Waals surface area contributed by atoms with Gasteiger partial charge in [0.05, 0.1) is 13.2 Å². The molecule has 0 amide bonds. The highest BCUT2D eigenvalue weighted by Crippen LogP contribution is 2.46. The first-order valence-electron chi connectivity index (χ1n) is 2.33. The summed E-state index contributed by atoms with van der Waals surface area (Å²) >= 11 is 11.2. The van der Waals surface area contributed by atoms with Crippen molar-refractivity contribution in [3.05, 3.63) is 0 Å². The van der Waals surface area contributed by atoms with E-state index in [1.54, 1.807) is 7.11 Å². The molecule has 1 aliphatic carbocycles. The number of rotatable bonds is 2. The van der Waals surface area contributed by atoms with Crippen molar-refractivity contribution in [2.24, 2.45) is 0 Å². The van der Waals surface area contributed by atoms with Crippen molar-refractivity contribution in [3.63, 3.8) is 0 Å². The molecule has 0 bridgehead atoms. The molecule has 1 N–H and O–H groups in total. The fourth-order valence-electron chi connectivity index (χ4n) is 0.483. The number of halogens is 2. The van der Waals surface area contributed by atoms with Gasteiger partial charge in [-0.3, -0.25) is 0 Å². The van der Waals surface area contributed by atoms with E-state index in [1.807, 2.05) is 0 Å². The van der Waals surface area contributed by atoms with E-state index in [9.17, 15) is 0 Å². The fraction of sp³-hybridized carbons (Fsp3) is 1.00. The molecular formula is C4H7Cl2NO. The van der Waals surface area contributed by atoms with Crippen LogP contribution in [0.5, 0.6) is 0 Å². The maximum Gasteiger partial charge on any atom is 0.137 e. The Hall–Kier alpha value is 0.500. The highest BCUT2D eigenvalue weighted by Gasteiger charge is 2.52. The molecule has 0 radical (unpaired) electrons. The smallest absolute Gasteiger partial charge is 0.137 e. The zero-order valence-electron chi connectivity index (χ0n) is 4.45. The predicted molar refractivity (Wildman–Crippen MR) is 33.0 cm³/mol. The van der Waals surface area contributed by atoms with Crippen LogP contribution in [0.2, 0.25) is 0 Å². The molecule has 1 unspecified atom stereocenters. The molecule has 1 saturated carbocycles. The molecule has 1 fully saturated rings. The SMILES string of the molecule is CONC1CC1(Cl)Cl. The van der Waals surface area contributed by atoms with E-state index >= 15 is 0 Å². The normalized spacial score (nSPS) is 32.6. The second-order valence-corrected chi connectivity index (χ2v) is 3.38. The average Bonchev–Trinajstić information content (AvgIpc) is 2.15. The molecule has 2 nitrogen and oxygen atoms in total. The van der Waals surface area contributed by atoms with Gasteiger partial charge in [-0.15, -0.1) is 0 Å². The number of alkyl halides is 2. The van der Waals surface area contributed by atoms with Gasteiger partial charge < -0.3 is 4.84 Å². The Labute approximate surface area is 58.1 Å². The molecule has 0 aromatic heterocycles. The van der Waals surface area contributed by atoms with Gasteiger partial charge in [0, 0.05) is 6.42 Å². The molecule has 8 heavy (non-hydrogen) atoms. The van der Waals surface area contributed by atoms with Crippen molar-refractivity contribution in [3.8, 4) is 0 Å². The van der Waals surface area contributed by atoms with Gasteiger partial charge >= 0.3 is 0 Å². The number of hydrogen-bond acceptors (Lipinski definition) is 2. The Morgan fingerprint density at radius 3 is 2.38 bits per heavy atom. The van der Waals surface area contributed by atoms with Gasteiger partial charge in [0.15, 0.2) is 0 Å². The van der Waals surface area contributed by atoms with Gasteiger partial charge in [0.25, 0.3) is 0 Å². The standard InChI is InChI=1S/C4H7Cl2NO/c1-8-7-3-2-4(3,5)6/h3,7H,2H2,1H3. The summed E-state index contributed by atoms with van der Waals surface area (Å²) in [5.41, 5.74) is 2.65. The molecule has 0 saturated heterocycles. The van der Waals surface area contributed by atoms with Crippen LogP contribution in [0, 0.1) is 0 Å². The first-order chi connectivity index (χ1) is 3.67. The van der Waals surface area contributed by atoms with Crippen molar-refractivity contribution in [1.82, 2.24) is 5.48 Å². The summed E-state index contributed by atoms with van der Waals surface area (Å²) < 4.78 is -0.573. The minimum absolute atomic E-state index is 0.121. The molecule has 4 heteroatoms. The summed E-state index contributed by atoms with van der Waals surface area (Å²) in [5, 5.41) is 0. The third-order valence-electron chi connectivity index (χ3n) is 1.09. The third kappa shape index (κ3) is 1.26. The Morgan fingerprint density at radius 2 is 2.25 bits per heavy atom. The molecule has 1 aliphatic rings. The van der Waals surface area contributed by atoms with Crippen molar-refractivity contribution in [2.45, 2.75) is 16.8 Å². The number of hydroxylamine groups is 1. The predicted octanol–water partition coefficient (Wildman–Crippen LogP) is 1.08. The Morgan fingerprint density at radius 1 is 1.75 bits per heavy atom. The van der Waals surface area contributed by atoms with Crippen LogP contribution in [0.3, 0.4) is 0 Å². The maximum absolute atomic E-state index is 5.61. The average molecular weight is 156 g/mol. The lowest BCUT2D eigenvalue weighted by Gasteiger charge is -1.97. The van der Waals surface area contributed by atoms with Crippen molar-refractivity contribution in [2.75, 3.05) is 7.11 Å². The largest absolute Gasteiger partial charge is 0.305 e.